The molecular formula is C18H19ClN4O2. The van der Waals surface area contributed by atoms with Crippen molar-refractivity contribution >= 4 is 34.2 Å². The van der Waals surface area contributed by atoms with Crippen molar-refractivity contribution in [1.29, 1.82) is 0 Å². The number of hydrogen-bond donors (Lipinski definition) is 2. The largest absolute Gasteiger partial charge is 0.494 e. The van der Waals surface area contributed by atoms with E-state index in [1.807, 2.05) is 19.1 Å². The van der Waals surface area contributed by atoms with Gasteiger partial charge in [-0.3, -0.25) is 9.89 Å². The summed E-state index contributed by atoms with van der Waals surface area (Å²) in [5, 5.41) is 10.7. The van der Waals surface area contributed by atoms with Gasteiger partial charge in [0, 0.05) is 17.6 Å². The molecule has 1 amide bonds. The van der Waals surface area contributed by atoms with Crippen LogP contribution in [-0.4, -0.2) is 27.7 Å². The molecule has 0 spiro atoms. The molecule has 6 nitrogen and oxygen atoms in total. The molecule has 7 heteroatoms. The Morgan fingerprint density at radius 1 is 1.32 bits per heavy atom. The van der Waals surface area contributed by atoms with Crippen LogP contribution in [0.2, 0.25) is 5.02 Å². The van der Waals surface area contributed by atoms with E-state index in [9.17, 15) is 4.79 Å². The second-order valence-electron chi connectivity index (χ2n) is 5.71. The molecule has 1 aromatic carbocycles. The number of unbranched alkanes of at least 4 members (excludes halogenated alkanes) is 1. The molecule has 130 valence electrons. The van der Waals surface area contributed by atoms with E-state index in [0.717, 1.165) is 24.3 Å². The van der Waals surface area contributed by atoms with Crippen molar-refractivity contribution in [3.8, 4) is 5.75 Å². The Morgan fingerprint density at radius 3 is 2.80 bits per heavy atom. The fourth-order valence-corrected chi connectivity index (χ4v) is 2.78. The fraction of sp³-hybridized carbons (Fsp3) is 0.278. The number of carbonyl (C=O) groups excluding carboxylic acids is 1. The molecule has 0 bridgehead atoms. The number of rotatable bonds is 6. The number of halogens is 1. The maximum Gasteiger partial charge on any atom is 0.258 e. The van der Waals surface area contributed by atoms with Crippen molar-refractivity contribution in [3.05, 3.63) is 46.7 Å². The van der Waals surface area contributed by atoms with Crippen LogP contribution >= 0.6 is 11.6 Å². The Balaban J connectivity index is 1.74. The van der Waals surface area contributed by atoms with Gasteiger partial charge in [0.25, 0.3) is 5.91 Å². The highest BCUT2D eigenvalue weighted by Gasteiger charge is 2.17. The summed E-state index contributed by atoms with van der Waals surface area (Å²) < 4.78 is 5.61. The lowest BCUT2D eigenvalue weighted by atomic mass is 10.2. The molecule has 25 heavy (non-hydrogen) atoms. The van der Waals surface area contributed by atoms with Crippen LogP contribution in [0.3, 0.4) is 0 Å². The van der Waals surface area contributed by atoms with Crippen LogP contribution in [-0.2, 0) is 0 Å². The van der Waals surface area contributed by atoms with Gasteiger partial charge in [-0.15, -0.1) is 0 Å². The number of ether oxygens (including phenoxy) is 1. The number of anilines is 1. The number of aromatic nitrogens is 3. The predicted molar refractivity (Wildman–Crippen MR) is 98.4 cm³/mol. The first-order chi connectivity index (χ1) is 12.1. The van der Waals surface area contributed by atoms with Crippen molar-refractivity contribution in [3.63, 3.8) is 0 Å². The molecule has 0 saturated carbocycles. The second-order valence-corrected chi connectivity index (χ2v) is 6.09. The van der Waals surface area contributed by atoms with Crippen LogP contribution < -0.4 is 10.1 Å². The molecule has 0 unspecified atom stereocenters. The molecule has 3 aromatic rings. The van der Waals surface area contributed by atoms with Crippen LogP contribution in [0.4, 0.5) is 5.69 Å². The van der Waals surface area contributed by atoms with E-state index in [4.69, 9.17) is 16.3 Å². The number of benzene rings is 1. The number of aromatic amines is 1. The van der Waals surface area contributed by atoms with Gasteiger partial charge >= 0.3 is 0 Å². The molecule has 0 aliphatic heterocycles. The Morgan fingerprint density at radius 2 is 2.08 bits per heavy atom. The third-order valence-electron chi connectivity index (χ3n) is 3.82. The van der Waals surface area contributed by atoms with E-state index in [0.29, 0.717) is 33.9 Å². The number of nitrogens with zero attached hydrogens (tertiary/aromatic N) is 2. The van der Waals surface area contributed by atoms with Gasteiger partial charge in [0.1, 0.15) is 5.75 Å². The van der Waals surface area contributed by atoms with Gasteiger partial charge < -0.3 is 10.1 Å². The van der Waals surface area contributed by atoms with E-state index in [1.165, 1.54) is 6.20 Å². The number of pyridine rings is 1. The Hall–Kier alpha value is -2.60. The van der Waals surface area contributed by atoms with Crippen molar-refractivity contribution < 1.29 is 9.53 Å². The molecule has 2 N–H and O–H groups in total. The van der Waals surface area contributed by atoms with Crippen molar-refractivity contribution in [2.24, 2.45) is 0 Å². The summed E-state index contributed by atoms with van der Waals surface area (Å²) >= 11 is 6.36. The van der Waals surface area contributed by atoms with Crippen LogP contribution in [0, 0.1) is 6.92 Å². The quantitative estimate of drug-likeness (QED) is 0.642. The van der Waals surface area contributed by atoms with E-state index >= 15 is 0 Å². The predicted octanol–water partition coefficient (Wildman–Crippen LogP) is 4.35. The number of aryl methyl sites for hydroxylation is 1. The summed E-state index contributed by atoms with van der Waals surface area (Å²) in [6.45, 7) is 4.64. The van der Waals surface area contributed by atoms with Crippen molar-refractivity contribution in [2.45, 2.75) is 26.7 Å². The molecule has 0 aliphatic carbocycles. The highest BCUT2D eigenvalue weighted by molar-refractivity contribution is 6.39. The Kier molecular flexibility index (Phi) is 5.19. The minimum atomic E-state index is -0.320. The zero-order valence-corrected chi connectivity index (χ0v) is 14.9. The first-order valence-corrected chi connectivity index (χ1v) is 8.51. The van der Waals surface area contributed by atoms with Gasteiger partial charge in [-0.25, -0.2) is 4.98 Å². The third kappa shape index (κ3) is 3.74. The third-order valence-corrected chi connectivity index (χ3v) is 4.22. The highest BCUT2D eigenvalue weighted by atomic mass is 35.5. The van der Waals surface area contributed by atoms with Gasteiger partial charge in [-0.05, 0) is 37.6 Å². The lowest BCUT2D eigenvalue weighted by molar-refractivity contribution is 0.102. The summed E-state index contributed by atoms with van der Waals surface area (Å²) in [5.41, 5.74) is 2.23. The molecule has 0 atom stereocenters. The molecular weight excluding hydrogens is 340 g/mol. The molecule has 2 heterocycles. The first-order valence-electron chi connectivity index (χ1n) is 8.13. The maximum atomic E-state index is 12.5. The van der Waals surface area contributed by atoms with Gasteiger partial charge in [0.15, 0.2) is 5.65 Å². The summed E-state index contributed by atoms with van der Waals surface area (Å²) in [7, 11) is 0. The molecule has 0 saturated heterocycles. The van der Waals surface area contributed by atoms with Gasteiger partial charge in [-0.2, -0.15) is 5.10 Å². The molecule has 0 aliphatic rings. The van der Waals surface area contributed by atoms with Crippen LogP contribution in [0.15, 0.2) is 30.5 Å². The van der Waals surface area contributed by atoms with E-state index in [1.54, 1.807) is 12.1 Å². The lowest BCUT2D eigenvalue weighted by Crippen LogP contribution is -2.13. The highest BCUT2D eigenvalue weighted by Crippen LogP contribution is 2.27. The number of hydrogen-bond acceptors (Lipinski definition) is 4. The van der Waals surface area contributed by atoms with Gasteiger partial charge in [0.2, 0.25) is 0 Å². The Bertz CT molecular complexity index is 890. The first kappa shape index (κ1) is 17.2. The summed E-state index contributed by atoms with van der Waals surface area (Å²) in [5.74, 6) is 0.459. The standard InChI is InChI=1S/C18H19ClN4O2/c1-3-4-9-25-13-7-5-12(6-8-13)21-18(24)14-10-20-17-15(16(14)19)11(2)22-23-17/h5-8,10H,3-4,9H2,1-2H3,(H,21,24)(H,20,22,23). The zero-order valence-electron chi connectivity index (χ0n) is 14.1. The number of nitrogens with one attached hydrogen (secondary N) is 2. The van der Waals surface area contributed by atoms with Gasteiger partial charge in [0.05, 0.1) is 22.6 Å². The van der Waals surface area contributed by atoms with Crippen LogP contribution in [0.25, 0.3) is 11.0 Å². The minimum absolute atomic E-state index is 0.307. The number of amides is 1. The average Bonchev–Trinajstić information content (AvgIpc) is 2.99. The lowest BCUT2D eigenvalue weighted by Gasteiger charge is -2.09. The van der Waals surface area contributed by atoms with Crippen molar-refractivity contribution in [1.82, 2.24) is 15.2 Å². The fourth-order valence-electron chi connectivity index (χ4n) is 2.42. The van der Waals surface area contributed by atoms with Crippen LogP contribution in [0.5, 0.6) is 5.75 Å². The van der Waals surface area contributed by atoms with Crippen molar-refractivity contribution in [2.75, 3.05) is 11.9 Å². The summed E-state index contributed by atoms with van der Waals surface area (Å²) in [4.78, 5) is 16.7. The van der Waals surface area contributed by atoms with E-state index in [2.05, 4.69) is 27.4 Å². The minimum Gasteiger partial charge on any atom is -0.494 e. The molecule has 2 aromatic heterocycles. The summed E-state index contributed by atoms with van der Waals surface area (Å²) in [6, 6.07) is 7.24. The number of carbonyl (C=O) groups is 1. The SMILES string of the molecule is CCCCOc1ccc(NC(=O)c2cnc3n[nH]c(C)c3c2Cl)cc1. The number of H-pyrrole nitrogens is 1. The molecule has 0 radical (unpaired) electrons. The normalized spacial score (nSPS) is 10.8. The Labute approximate surface area is 150 Å². The smallest absolute Gasteiger partial charge is 0.258 e. The molecule has 3 rings (SSSR count). The van der Waals surface area contributed by atoms with E-state index in [-0.39, 0.29) is 5.91 Å². The van der Waals surface area contributed by atoms with Gasteiger partial charge in [-0.1, -0.05) is 24.9 Å². The number of fused-ring (bicyclic) bond motifs is 1. The molecule has 0 fully saturated rings. The summed E-state index contributed by atoms with van der Waals surface area (Å²) in [6.07, 6.45) is 3.53. The van der Waals surface area contributed by atoms with Crippen LogP contribution in [0.1, 0.15) is 35.8 Å². The maximum absolute atomic E-state index is 12.5. The monoisotopic (exact) mass is 358 g/mol. The average molecular weight is 359 g/mol. The second kappa shape index (κ2) is 7.53. The van der Waals surface area contributed by atoms with E-state index < -0.39 is 0 Å². The topological polar surface area (TPSA) is 79.9 Å². The zero-order chi connectivity index (χ0) is 17.8.